The van der Waals surface area contributed by atoms with Gasteiger partial charge in [-0.05, 0) is 38.7 Å². The molecule has 1 aliphatic carbocycles. The van der Waals surface area contributed by atoms with Gasteiger partial charge in [-0.15, -0.1) is 0 Å². The van der Waals surface area contributed by atoms with Gasteiger partial charge in [0.25, 0.3) is 0 Å². The van der Waals surface area contributed by atoms with Gasteiger partial charge in [-0.3, -0.25) is 9.78 Å². The van der Waals surface area contributed by atoms with Crippen LogP contribution in [0.4, 0.5) is 13.2 Å². The Morgan fingerprint density at radius 1 is 1.29 bits per heavy atom. The number of carbonyl (C=O) groups is 1. The predicted molar refractivity (Wildman–Crippen MR) is 56.0 cm³/mol. The Kier molecular flexibility index (Phi) is 2.72. The summed E-state index contributed by atoms with van der Waals surface area (Å²) in [6.07, 6.45) is -2.88. The van der Waals surface area contributed by atoms with E-state index in [1.807, 2.05) is 0 Å². The number of aryl methyl sites for hydroxylation is 2. The fourth-order valence-electron chi connectivity index (χ4n) is 2.45. The Hall–Kier alpha value is -1.39. The monoisotopic (exact) mass is 243 g/mol. The molecule has 0 radical (unpaired) electrons. The first-order valence-corrected chi connectivity index (χ1v) is 5.43. The number of pyridine rings is 1. The van der Waals surface area contributed by atoms with E-state index < -0.39 is 17.5 Å². The number of aromatic nitrogens is 1. The molecule has 0 bridgehead atoms. The maximum Gasteiger partial charge on any atom is 0.417 e. The van der Waals surface area contributed by atoms with Crippen LogP contribution in [-0.2, 0) is 19.0 Å². The number of hydrogen-bond acceptors (Lipinski definition) is 2. The molecular weight excluding hydrogens is 231 g/mol. The summed E-state index contributed by atoms with van der Waals surface area (Å²) >= 11 is 0. The van der Waals surface area contributed by atoms with Gasteiger partial charge in [0.1, 0.15) is 0 Å². The second-order valence-electron chi connectivity index (χ2n) is 4.28. The van der Waals surface area contributed by atoms with Gasteiger partial charge < -0.3 is 0 Å². The van der Waals surface area contributed by atoms with Gasteiger partial charge in [0.2, 0.25) is 0 Å². The highest BCUT2D eigenvalue weighted by Gasteiger charge is 2.40. The van der Waals surface area contributed by atoms with Gasteiger partial charge in [-0.25, -0.2) is 0 Å². The summed E-state index contributed by atoms with van der Waals surface area (Å²) in [6, 6.07) is 0. The van der Waals surface area contributed by atoms with E-state index in [1.165, 1.54) is 6.92 Å². The van der Waals surface area contributed by atoms with Crippen LogP contribution in [0.3, 0.4) is 0 Å². The smallest absolute Gasteiger partial charge is 0.294 e. The zero-order valence-electron chi connectivity index (χ0n) is 9.61. The van der Waals surface area contributed by atoms with E-state index in [0.717, 1.165) is 6.92 Å². The molecule has 1 aromatic rings. The first-order valence-electron chi connectivity index (χ1n) is 5.43. The first kappa shape index (κ1) is 12.1. The summed E-state index contributed by atoms with van der Waals surface area (Å²) in [6.45, 7) is 2.62. The van der Waals surface area contributed by atoms with Crippen molar-refractivity contribution in [1.82, 2.24) is 4.98 Å². The Morgan fingerprint density at radius 2 is 1.94 bits per heavy atom. The predicted octanol–water partition coefficient (Wildman–Crippen LogP) is 3.10. The van der Waals surface area contributed by atoms with Crippen molar-refractivity contribution in [2.45, 2.75) is 39.3 Å². The zero-order valence-corrected chi connectivity index (χ0v) is 9.61. The van der Waals surface area contributed by atoms with Gasteiger partial charge in [0.15, 0.2) is 5.78 Å². The summed E-state index contributed by atoms with van der Waals surface area (Å²) in [4.78, 5) is 15.5. The largest absolute Gasteiger partial charge is 0.417 e. The minimum atomic E-state index is -4.48. The van der Waals surface area contributed by atoms with Crippen molar-refractivity contribution in [3.8, 4) is 0 Å². The van der Waals surface area contributed by atoms with E-state index in [9.17, 15) is 18.0 Å². The van der Waals surface area contributed by atoms with Crippen molar-refractivity contribution < 1.29 is 18.0 Å². The van der Waals surface area contributed by atoms with Crippen molar-refractivity contribution in [1.29, 1.82) is 0 Å². The number of halogens is 3. The molecule has 17 heavy (non-hydrogen) atoms. The molecule has 0 saturated heterocycles. The number of carbonyl (C=O) groups excluding carboxylic acids is 1. The van der Waals surface area contributed by atoms with Crippen LogP contribution in [0.2, 0.25) is 0 Å². The topological polar surface area (TPSA) is 30.0 Å². The van der Waals surface area contributed by atoms with Crippen LogP contribution in [0.15, 0.2) is 0 Å². The summed E-state index contributed by atoms with van der Waals surface area (Å²) in [5, 5.41) is 0. The third kappa shape index (κ3) is 1.94. The second-order valence-corrected chi connectivity index (χ2v) is 4.28. The number of alkyl halides is 3. The first-order chi connectivity index (χ1) is 7.82. The van der Waals surface area contributed by atoms with Crippen LogP contribution in [0, 0.1) is 6.92 Å². The normalized spacial score (nSPS) is 14.9. The molecule has 1 aromatic heterocycles. The van der Waals surface area contributed by atoms with Gasteiger partial charge in [-0.1, -0.05) is 0 Å². The van der Waals surface area contributed by atoms with Crippen LogP contribution in [0.5, 0.6) is 0 Å². The van der Waals surface area contributed by atoms with Gasteiger partial charge in [-0.2, -0.15) is 13.2 Å². The molecule has 5 heteroatoms. The highest BCUT2D eigenvalue weighted by molar-refractivity contribution is 5.97. The molecule has 0 saturated carbocycles. The molecule has 2 nitrogen and oxygen atoms in total. The quantitative estimate of drug-likeness (QED) is 0.709. The van der Waals surface area contributed by atoms with Gasteiger partial charge >= 0.3 is 6.18 Å². The zero-order chi connectivity index (χ0) is 12.8. The molecule has 1 aliphatic rings. The standard InChI is InChI=1S/C12H12F3NO/c1-6-10(7(2)17)11(12(13,14)15)8-4-3-5-9(8)16-6/h3-5H2,1-2H3. The van der Waals surface area contributed by atoms with E-state index in [2.05, 4.69) is 4.98 Å². The fourth-order valence-corrected chi connectivity index (χ4v) is 2.45. The molecule has 1 heterocycles. The van der Waals surface area contributed by atoms with Gasteiger partial charge in [0.05, 0.1) is 11.1 Å². The summed E-state index contributed by atoms with van der Waals surface area (Å²) in [7, 11) is 0. The minimum absolute atomic E-state index is 0.186. The molecule has 0 aliphatic heterocycles. The third-order valence-corrected chi connectivity index (χ3v) is 3.04. The number of Topliss-reactive ketones (excluding diaryl/α,β-unsaturated/α-hetero) is 1. The van der Waals surface area contributed by atoms with Crippen LogP contribution < -0.4 is 0 Å². The maximum atomic E-state index is 13.1. The Morgan fingerprint density at radius 3 is 2.47 bits per heavy atom. The highest BCUT2D eigenvalue weighted by Crippen LogP contribution is 2.39. The molecule has 0 atom stereocenters. The third-order valence-electron chi connectivity index (χ3n) is 3.04. The maximum absolute atomic E-state index is 13.1. The molecule has 0 aromatic carbocycles. The van der Waals surface area contributed by atoms with Gasteiger partial charge in [0, 0.05) is 11.4 Å². The lowest BCUT2D eigenvalue weighted by Crippen LogP contribution is -2.18. The SMILES string of the molecule is CC(=O)c1c(C)nc2c(c1C(F)(F)F)CCC2. The number of fused-ring (bicyclic) bond motifs is 1. The van der Waals surface area contributed by atoms with Crippen LogP contribution in [-0.4, -0.2) is 10.8 Å². The minimum Gasteiger partial charge on any atom is -0.294 e. The molecule has 0 amide bonds. The number of rotatable bonds is 1. The number of hydrogen-bond donors (Lipinski definition) is 0. The number of nitrogens with zero attached hydrogens (tertiary/aromatic N) is 1. The molecule has 92 valence electrons. The summed E-state index contributed by atoms with van der Waals surface area (Å²) < 4.78 is 39.2. The van der Waals surface area contributed by atoms with Crippen molar-refractivity contribution in [2.75, 3.05) is 0 Å². The van der Waals surface area contributed by atoms with E-state index in [0.29, 0.717) is 25.0 Å². The van der Waals surface area contributed by atoms with E-state index >= 15 is 0 Å². The molecule has 0 unspecified atom stereocenters. The molecule has 2 rings (SSSR count). The second kappa shape index (κ2) is 3.82. The Balaban J connectivity index is 2.80. The van der Waals surface area contributed by atoms with Crippen LogP contribution in [0.25, 0.3) is 0 Å². The van der Waals surface area contributed by atoms with Crippen molar-refractivity contribution in [2.24, 2.45) is 0 Å². The molecule has 0 fully saturated rings. The lowest BCUT2D eigenvalue weighted by atomic mass is 9.96. The summed E-state index contributed by atoms with van der Waals surface area (Å²) in [5.74, 6) is -0.572. The molecule has 0 spiro atoms. The van der Waals surface area contributed by atoms with Crippen LogP contribution in [0.1, 0.15) is 46.2 Å². The van der Waals surface area contributed by atoms with Crippen LogP contribution >= 0.6 is 0 Å². The van der Waals surface area contributed by atoms with E-state index in [1.54, 1.807) is 0 Å². The van der Waals surface area contributed by atoms with Crippen molar-refractivity contribution in [3.63, 3.8) is 0 Å². The van der Waals surface area contributed by atoms with Crippen molar-refractivity contribution >= 4 is 5.78 Å². The van der Waals surface area contributed by atoms with E-state index in [-0.39, 0.29) is 16.8 Å². The van der Waals surface area contributed by atoms with E-state index in [4.69, 9.17) is 0 Å². The van der Waals surface area contributed by atoms with Crippen molar-refractivity contribution in [3.05, 3.63) is 28.1 Å². The lowest BCUT2D eigenvalue weighted by molar-refractivity contribution is -0.138. The lowest BCUT2D eigenvalue weighted by Gasteiger charge is -2.17. The Bertz CT molecular complexity index is 492. The highest BCUT2D eigenvalue weighted by atomic mass is 19.4. The average molecular weight is 243 g/mol. The fraction of sp³-hybridized carbons (Fsp3) is 0.500. The number of ketones is 1. The Labute approximate surface area is 96.9 Å². The average Bonchev–Trinajstić information content (AvgIpc) is 2.60. The summed E-state index contributed by atoms with van der Waals surface area (Å²) in [5.41, 5.74) is -0.123. The molecular formula is C12H12F3NO. The molecule has 0 N–H and O–H groups in total.